The highest BCUT2D eigenvalue weighted by molar-refractivity contribution is 7.18. The number of benzene rings is 1. The van der Waals surface area contributed by atoms with Crippen LogP contribution in [-0.2, 0) is 31.7 Å². The van der Waals surface area contributed by atoms with E-state index in [1.165, 1.54) is 52.7 Å². The van der Waals surface area contributed by atoms with Crippen LogP contribution in [0.4, 0.5) is 5.13 Å². The molecule has 0 atom stereocenters. The summed E-state index contributed by atoms with van der Waals surface area (Å²) < 4.78 is 2.53. The number of unbranched alkanes of at least 4 members (excludes halogenated alkanes) is 1. The summed E-state index contributed by atoms with van der Waals surface area (Å²) in [6.07, 6.45) is 3.46. The van der Waals surface area contributed by atoms with Crippen LogP contribution < -0.4 is 16.6 Å². The SMILES string of the molecule is CCCCc1ccc(-c2csc(NC(=O)Cc3c(C)sc4c3c(=O)n(C)c(=O)n4C)n2)cc1. The molecule has 0 saturated heterocycles. The van der Waals surface area contributed by atoms with Crippen molar-refractivity contribution in [1.29, 1.82) is 0 Å². The van der Waals surface area contributed by atoms with Crippen molar-refractivity contribution in [3.63, 3.8) is 0 Å². The predicted octanol–water partition coefficient (Wildman–Crippen LogP) is 4.25. The lowest BCUT2D eigenvalue weighted by atomic mass is 10.1. The summed E-state index contributed by atoms with van der Waals surface area (Å²) in [6.45, 7) is 4.05. The van der Waals surface area contributed by atoms with E-state index < -0.39 is 0 Å². The number of aryl methyl sites for hydroxylation is 3. The molecule has 0 bridgehead atoms. The molecule has 0 radical (unpaired) electrons. The largest absolute Gasteiger partial charge is 0.331 e. The Morgan fingerprint density at radius 1 is 1.12 bits per heavy atom. The molecule has 0 aliphatic carbocycles. The van der Waals surface area contributed by atoms with Crippen LogP contribution in [0.2, 0.25) is 0 Å². The lowest BCUT2D eigenvalue weighted by molar-refractivity contribution is -0.115. The van der Waals surface area contributed by atoms with E-state index in [0.29, 0.717) is 20.9 Å². The van der Waals surface area contributed by atoms with Crippen molar-refractivity contribution in [1.82, 2.24) is 14.1 Å². The molecule has 9 heteroatoms. The number of hydrogen-bond acceptors (Lipinski definition) is 6. The lowest BCUT2D eigenvalue weighted by Gasteiger charge is -2.05. The summed E-state index contributed by atoms with van der Waals surface area (Å²) in [4.78, 5) is 43.7. The first-order chi connectivity index (χ1) is 15.8. The summed E-state index contributed by atoms with van der Waals surface area (Å²) in [5, 5.41) is 5.73. The van der Waals surface area contributed by atoms with Crippen molar-refractivity contribution in [3.8, 4) is 11.3 Å². The maximum atomic E-state index is 12.8. The lowest BCUT2D eigenvalue weighted by Crippen LogP contribution is -2.36. The van der Waals surface area contributed by atoms with Gasteiger partial charge in [0.1, 0.15) is 4.83 Å². The first-order valence-corrected chi connectivity index (χ1v) is 12.5. The van der Waals surface area contributed by atoms with Gasteiger partial charge in [0.25, 0.3) is 5.56 Å². The van der Waals surface area contributed by atoms with Crippen molar-refractivity contribution in [2.24, 2.45) is 14.1 Å². The summed E-state index contributed by atoms with van der Waals surface area (Å²) in [5.74, 6) is -0.246. The minimum Gasteiger partial charge on any atom is -0.302 e. The van der Waals surface area contributed by atoms with E-state index in [9.17, 15) is 14.4 Å². The Balaban J connectivity index is 1.52. The van der Waals surface area contributed by atoms with Gasteiger partial charge in [0, 0.05) is 29.9 Å². The number of anilines is 1. The molecule has 1 amide bonds. The van der Waals surface area contributed by atoms with Crippen LogP contribution in [0.5, 0.6) is 0 Å². The molecule has 0 saturated carbocycles. The fourth-order valence-electron chi connectivity index (χ4n) is 3.81. The fourth-order valence-corrected chi connectivity index (χ4v) is 5.66. The fraction of sp³-hybridized carbons (Fsp3) is 0.333. The number of thiophene rings is 1. The third kappa shape index (κ3) is 4.56. The molecule has 1 aromatic carbocycles. The molecule has 33 heavy (non-hydrogen) atoms. The minimum absolute atomic E-state index is 0.0420. The number of nitrogens with one attached hydrogen (secondary N) is 1. The molecule has 172 valence electrons. The highest BCUT2D eigenvalue weighted by atomic mass is 32.1. The molecule has 0 fully saturated rings. The highest BCUT2D eigenvalue weighted by Gasteiger charge is 2.20. The van der Waals surface area contributed by atoms with Crippen molar-refractivity contribution in [3.05, 3.63) is 66.5 Å². The molecular weight excluding hydrogens is 456 g/mol. The number of nitrogens with zero attached hydrogens (tertiary/aromatic N) is 3. The van der Waals surface area contributed by atoms with Gasteiger partial charge in [0.15, 0.2) is 5.13 Å². The van der Waals surface area contributed by atoms with Gasteiger partial charge in [-0.2, -0.15) is 0 Å². The number of hydrogen-bond donors (Lipinski definition) is 1. The monoisotopic (exact) mass is 482 g/mol. The zero-order valence-electron chi connectivity index (χ0n) is 19.1. The quantitative estimate of drug-likeness (QED) is 0.427. The number of aromatic nitrogens is 3. The van der Waals surface area contributed by atoms with Crippen molar-refractivity contribution in [2.75, 3.05) is 5.32 Å². The Kier molecular flexibility index (Phi) is 6.62. The van der Waals surface area contributed by atoms with Gasteiger partial charge in [-0.25, -0.2) is 9.78 Å². The molecule has 0 spiro atoms. The molecule has 0 unspecified atom stereocenters. The normalized spacial score (nSPS) is 11.3. The molecular formula is C24H26N4O3S2. The third-order valence-electron chi connectivity index (χ3n) is 5.74. The summed E-state index contributed by atoms with van der Waals surface area (Å²) in [6, 6.07) is 8.38. The Hall–Kier alpha value is -3.04. The van der Waals surface area contributed by atoms with E-state index >= 15 is 0 Å². The Bertz CT molecular complexity index is 1440. The first-order valence-electron chi connectivity index (χ1n) is 10.8. The number of carbonyl (C=O) groups is 1. The van der Waals surface area contributed by atoms with Crippen LogP contribution >= 0.6 is 22.7 Å². The Labute approximate surface area is 199 Å². The smallest absolute Gasteiger partial charge is 0.302 e. The second-order valence-corrected chi connectivity index (χ2v) is 10.1. The minimum atomic E-state index is -0.376. The average molecular weight is 483 g/mol. The maximum absolute atomic E-state index is 12.8. The number of fused-ring (bicyclic) bond motifs is 1. The van der Waals surface area contributed by atoms with Gasteiger partial charge in [-0.05, 0) is 30.9 Å². The van der Waals surface area contributed by atoms with E-state index in [4.69, 9.17) is 0 Å². The Morgan fingerprint density at radius 3 is 2.55 bits per heavy atom. The summed E-state index contributed by atoms with van der Waals surface area (Å²) in [5.41, 5.74) is 3.04. The summed E-state index contributed by atoms with van der Waals surface area (Å²) >= 11 is 2.72. The van der Waals surface area contributed by atoms with Gasteiger partial charge < -0.3 is 5.32 Å². The highest BCUT2D eigenvalue weighted by Crippen LogP contribution is 2.29. The first kappa shape index (κ1) is 23.1. The van der Waals surface area contributed by atoms with Gasteiger partial charge in [-0.15, -0.1) is 22.7 Å². The van der Waals surface area contributed by atoms with Gasteiger partial charge >= 0.3 is 5.69 Å². The van der Waals surface area contributed by atoms with Crippen LogP contribution in [0.25, 0.3) is 21.5 Å². The summed E-state index contributed by atoms with van der Waals surface area (Å²) in [7, 11) is 3.09. The molecule has 3 aromatic heterocycles. The van der Waals surface area contributed by atoms with Crippen LogP contribution in [-0.4, -0.2) is 20.0 Å². The van der Waals surface area contributed by atoms with Crippen LogP contribution in [0.15, 0.2) is 39.2 Å². The molecule has 0 aliphatic rings. The van der Waals surface area contributed by atoms with E-state index in [2.05, 4.69) is 41.5 Å². The molecule has 7 nitrogen and oxygen atoms in total. The van der Waals surface area contributed by atoms with Crippen LogP contribution in [0.3, 0.4) is 0 Å². The number of amides is 1. The number of rotatable bonds is 7. The maximum Gasteiger partial charge on any atom is 0.331 e. The van der Waals surface area contributed by atoms with Crippen molar-refractivity contribution >= 4 is 43.9 Å². The van der Waals surface area contributed by atoms with Gasteiger partial charge in [-0.1, -0.05) is 37.6 Å². The number of carbonyl (C=O) groups excluding carboxylic acids is 1. The van der Waals surface area contributed by atoms with E-state index in [-0.39, 0.29) is 23.6 Å². The topological polar surface area (TPSA) is 86.0 Å². The van der Waals surface area contributed by atoms with Gasteiger partial charge in [0.2, 0.25) is 5.91 Å². The van der Waals surface area contributed by atoms with Crippen LogP contribution in [0.1, 0.15) is 35.8 Å². The van der Waals surface area contributed by atoms with E-state index in [1.54, 1.807) is 7.05 Å². The molecule has 1 N–H and O–H groups in total. The zero-order chi connectivity index (χ0) is 23.7. The molecule has 4 rings (SSSR count). The van der Waals surface area contributed by atoms with E-state index in [1.807, 2.05) is 12.3 Å². The second kappa shape index (κ2) is 9.44. The molecule has 0 aliphatic heterocycles. The zero-order valence-corrected chi connectivity index (χ0v) is 20.7. The van der Waals surface area contributed by atoms with E-state index in [0.717, 1.165) is 27.1 Å². The third-order valence-corrected chi connectivity index (χ3v) is 7.73. The molecule has 3 heterocycles. The second-order valence-electron chi connectivity index (χ2n) is 8.09. The Morgan fingerprint density at radius 2 is 1.85 bits per heavy atom. The molecule has 4 aromatic rings. The van der Waals surface area contributed by atoms with Crippen molar-refractivity contribution < 1.29 is 4.79 Å². The van der Waals surface area contributed by atoms with Crippen LogP contribution in [0, 0.1) is 6.92 Å². The predicted molar refractivity (Wildman–Crippen MR) is 136 cm³/mol. The number of thiazole rings is 1. The average Bonchev–Trinajstić information content (AvgIpc) is 3.40. The van der Waals surface area contributed by atoms with Gasteiger partial charge in [-0.3, -0.25) is 18.7 Å². The standard InChI is InChI=1S/C24H26N4O3S2/c1-5-6-7-15-8-10-16(11-9-15)18-13-32-23(25-18)26-19(29)12-17-14(2)33-22-20(17)21(30)27(3)24(31)28(22)4/h8-11,13H,5-7,12H2,1-4H3,(H,25,26,29). The van der Waals surface area contributed by atoms with Crippen molar-refractivity contribution in [2.45, 2.75) is 39.5 Å². The van der Waals surface area contributed by atoms with Gasteiger partial charge in [0.05, 0.1) is 17.5 Å².